The van der Waals surface area contributed by atoms with Gasteiger partial charge < -0.3 is 5.73 Å². The van der Waals surface area contributed by atoms with Crippen molar-refractivity contribution >= 4 is 16.8 Å². The monoisotopic (exact) mass is 248 g/mol. The maximum atomic E-state index is 9.25. The second-order valence-corrected chi connectivity index (χ2v) is 4.50. The Hall–Kier alpha value is -2.53. The van der Waals surface area contributed by atoms with E-state index in [0.29, 0.717) is 11.3 Å². The average molecular weight is 248 g/mol. The molecule has 0 radical (unpaired) electrons. The second kappa shape index (κ2) is 5.41. The highest BCUT2D eigenvalue weighted by molar-refractivity contribution is 5.91. The summed E-state index contributed by atoms with van der Waals surface area (Å²) in [6, 6.07) is 17.9. The predicted molar refractivity (Wildman–Crippen MR) is 80.2 cm³/mol. The quantitative estimate of drug-likeness (QED) is 0.642. The third kappa shape index (κ3) is 2.51. The van der Waals surface area contributed by atoms with Gasteiger partial charge in [-0.3, -0.25) is 0 Å². The molecule has 0 atom stereocenters. The summed E-state index contributed by atoms with van der Waals surface area (Å²) in [7, 11) is 0. The van der Waals surface area contributed by atoms with Gasteiger partial charge in [-0.15, -0.1) is 0 Å². The Morgan fingerprint density at radius 1 is 0.947 bits per heavy atom. The summed E-state index contributed by atoms with van der Waals surface area (Å²) in [6.45, 7) is 4.09. The van der Waals surface area contributed by atoms with Crippen LogP contribution in [0.25, 0.3) is 11.1 Å². The van der Waals surface area contributed by atoms with Gasteiger partial charge in [-0.2, -0.15) is 5.26 Å². The van der Waals surface area contributed by atoms with Gasteiger partial charge in [0.2, 0.25) is 0 Å². The molecule has 2 rings (SSSR count). The molecule has 2 N–H and O–H groups in total. The van der Waals surface area contributed by atoms with Gasteiger partial charge in [0.1, 0.15) is 6.07 Å². The summed E-state index contributed by atoms with van der Waals surface area (Å²) in [5.41, 5.74) is 11.2. The van der Waals surface area contributed by atoms with Gasteiger partial charge in [0, 0.05) is 0 Å². The number of rotatable bonds is 2. The van der Waals surface area contributed by atoms with Crippen molar-refractivity contribution in [1.82, 2.24) is 0 Å². The molecule has 2 nitrogen and oxygen atoms in total. The number of nitrogens with zero attached hydrogens (tertiary/aromatic N) is 1. The average Bonchev–Trinajstić information content (AvgIpc) is 2.46. The lowest BCUT2D eigenvalue weighted by molar-refractivity contribution is 1.44. The van der Waals surface area contributed by atoms with E-state index in [1.165, 1.54) is 0 Å². The number of allylic oxidation sites excluding steroid dienone is 2. The van der Waals surface area contributed by atoms with Crippen molar-refractivity contribution in [1.29, 1.82) is 5.26 Å². The number of nitriles is 1. The van der Waals surface area contributed by atoms with Crippen molar-refractivity contribution < 1.29 is 0 Å². The van der Waals surface area contributed by atoms with E-state index in [2.05, 4.69) is 25.1 Å². The summed E-state index contributed by atoms with van der Waals surface area (Å²) in [6.07, 6.45) is 0. The molecule has 0 spiro atoms. The number of hydrogen-bond acceptors (Lipinski definition) is 2. The van der Waals surface area contributed by atoms with Gasteiger partial charge in [-0.05, 0) is 42.2 Å². The molecule has 0 saturated carbocycles. The van der Waals surface area contributed by atoms with Crippen LogP contribution in [0, 0.1) is 11.3 Å². The van der Waals surface area contributed by atoms with Gasteiger partial charge in [0.25, 0.3) is 0 Å². The SMILES string of the molecule is CC(=C(C)c1cccc(N)c1C#N)c1ccccc1. The molecule has 0 saturated heterocycles. The van der Waals surface area contributed by atoms with Crippen molar-refractivity contribution in [2.24, 2.45) is 0 Å². The Kier molecular flexibility index (Phi) is 3.68. The maximum Gasteiger partial charge on any atom is 0.102 e. The highest BCUT2D eigenvalue weighted by Gasteiger charge is 2.10. The fourth-order valence-electron chi connectivity index (χ4n) is 2.11. The summed E-state index contributed by atoms with van der Waals surface area (Å²) in [5, 5.41) is 9.25. The first-order valence-corrected chi connectivity index (χ1v) is 6.17. The number of nitrogen functional groups attached to an aromatic ring is 1. The molecule has 0 unspecified atom stereocenters. The predicted octanol–water partition coefficient (Wildman–Crippen LogP) is 4.09. The molecular weight excluding hydrogens is 232 g/mol. The van der Waals surface area contributed by atoms with Crippen molar-refractivity contribution in [3.8, 4) is 6.07 Å². The largest absolute Gasteiger partial charge is 0.398 e. The van der Waals surface area contributed by atoms with Crippen LogP contribution in [0.1, 0.15) is 30.5 Å². The van der Waals surface area contributed by atoms with E-state index in [-0.39, 0.29) is 0 Å². The molecule has 0 amide bonds. The fourth-order valence-corrected chi connectivity index (χ4v) is 2.11. The van der Waals surface area contributed by atoms with Gasteiger partial charge in [-0.25, -0.2) is 0 Å². The lowest BCUT2D eigenvalue weighted by Gasteiger charge is -2.11. The van der Waals surface area contributed by atoms with E-state index < -0.39 is 0 Å². The maximum absolute atomic E-state index is 9.25. The van der Waals surface area contributed by atoms with E-state index in [1.54, 1.807) is 6.07 Å². The van der Waals surface area contributed by atoms with Gasteiger partial charge in [0.15, 0.2) is 0 Å². The summed E-state index contributed by atoms with van der Waals surface area (Å²) in [4.78, 5) is 0. The van der Waals surface area contributed by atoms with Crippen LogP contribution in [0.4, 0.5) is 5.69 Å². The van der Waals surface area contributed by atoms with Crippen molar-refractivity contribution in [3.05, 3.63) is 65.2 Å². The lowest BCUT2D eigenvalue weighted by atomic mass is 9.93. The highest BCUT2D eigenvalue weighted by atomic mass is 14.6. The van der Waals surface area contributed by atoms with E-state index in [1.807, 2.05) is 37.3 Å². The van der Waals surface area contributed by atoms with Gasteiger partial charge in [-0.1, -0.05) is 42.5 Å². The molecule has 0 aliphatic carbocycles. The molecule has 2 heteroatoms. The first kappa shape index (κ1) is 12.9. The molecule has 94 valence electrons. The highest BCUT2D eigenvalue weighted by Crippen LogP contribution is 2.29. The summed E-state index contributed by atoms with van der Waals surface area (Å²) >= 11 is 0. The second-order valence-electron chi connectivity index (χ2n) is 4.50. The number of benzene rings is 2. The molecule has 2 aromatic carbocycles. The molecule has 0 aromatic heterocycles. The van der Waals surface area contributed by atoms with E-state index in [4.69, 9.17) is 5.73 Å². The molecule has 0 aliphatic rings. The fraction of sp³-hybridized carbons (Fsp3) is 0.118. The van der Waals surface area contributed by atoms with Crippen LogP contribution in [0.2, 0.25) is 0 Å². The molecule has 0 aliphatic heterocycles. The Labute approximate surface area is 113 Å². The minimum atomic E-state index is 0.528. The smallest absolute Gasteiger partial charge is 0.102 e. The van der Waals surface area contributed by atoms with Crippen molar-refractivity contribution in [2.75, 3.05) is 5.73 Å². The van der Waals surface area contributed by atoms with Crippen molar-refractivity contribution in [2.45, 2.75) is 13.8 Å². The van der Waals surface area contributed by atoms with Crippen LogP contribution in [0.3, 0.4) is 0 Å². The van der Waals surface area contributed by atoms with Crippen LogP contribution < -0.4 is 5.73 Å². The van der Waals surface area contributed by atoms with Crippen LogP contribution >= 0.6 is 0 Å². The van der Waals surface area contributed by atoms with E-state index in [9.17, 15) is 5.26 Å². The van der Waals surface area contributed by atoms with Crippen LogP contribution in [-0.2, 0) is 0 Å². The first-order valence-electron chi connectivity index (χ1n) is 6.17. The molecule has 0 heterocycles. The Balaban J connectivity index is 2.60. The molecule has 2 aromatic rings. The summed E-state index contributed by atoms with van der Waals surface area (Å²) in [5.74, 6) is 0. The Morgan fingerprint density at radius 3 is 2.26 bits per heavy atom. The minimum Gasteiger partial charge on any atom is -0.398 e. The van der Waals surface area contributed by atoms with Crippen molar-refractivity contribution in [3.63, 3.8) is 0 Å². The number of nitrogens with two attached hydrogens (primary N) is 1. The third-order valence-corrected chi connectivity index (χ3v) is 3.38. The van der Waals surface area contributed by atoms with E-state index in [0.717, 1.165) is 22.3 Å². The number of anilines is 1. The normalized spacial score (nSPS) is 11.6. The molecule has 0 fully saturated rings. The topological polar surface area (TPSA) is 49.8 Å². The van der Waals surface area contributed by atoms with E-state index >= 15 is 0 Å². The Morgan fingerprint density at radius 2 is 1.63 bits per heavy atom. The summed E-state index contributed by atoms with van der Waals surface area (Å²) < 4.78 is 0. The number of hydrogen-bond donors (Lipinski definition) is 1. The standard InChI is InChI=1S/C17H16N2/c1-12(14-7-4-3-5-8-14)13(2)15-9-6-10-17(19)16(15)11-18/h3-10H,19H2,1-2H3. The zero-order valence-corrected chi connectivity index (χ0v) is 11.1. The van der Waals surface area contributed by atoms with Gasteiger partial charge in [0.05, 0.1) is 11.3 Å². The molecular formula is C17H16N2. The molecule has 19 heavy (non-hydrogen) atoms. The minimum absolute atomic E-state index is 0.528. The van der Waals surface area contributed by atoms with Gasteiger partial charge >= 0.3 is 0 Å². The van der Waals surface area contributed by atoms with Crippen LogP contribution in [0.5, 0.6) is 0 Å². The third-order valence-electron chi connectivity index (χ3n) is 3.38. The zero-order chi connectivity index (χ0) is 13.8. The van der Waals surface area contributed by atoms with Crippen LogP contribution in [-0.4, -0.2) is 0 Å². The lowest BCUT2D eigenvalue weighted by Crippen LogP contribution is -1.96. The zero-order valence-electron chi connectivity index (χ0n) is 11.1. The Bertz CT molecular complexity index is 661. The first-order chi connectivity index (χ1) is 9.15. The molecule has 0 bridgehead atoms. The van der Waals surface area contributed by atoms with Crippen LogP contribution in [0.15, 0.2) is 48.5 Å².